The van der Waals surface area contributed by atoms with Gasteiger partial charge in [-0.2, -0.15) is 0 Å². The van der Waals surface area contributed by atoms with Gasteiger partial charge in [-0.3, -0.25) is 0 Å². The van der Waals surface area contributed by atoms with Crippen molar-refractivity contribution < 1.29 is 19.0 Å². The number of nitrogens with zero attached hydrogens (tertiary/aromatic N) is 1. The van der Waals surface area contributed by atoms with Crippen molar-refractivity contribution in [3.63, 3.8) is 0 Å². The number of allylic oxidation sites excluding steroid dienone is 3. The van der Waals surface area contributed by atoms with E-state index in [2.05, 4.69) is 20.4 Å². The second kappa shape index (κ2) is 12.1. The highest BCUT2D eigenvalue weighted by molar-refractivity contribution is 6.34. The molecule has 0 bridgehead atoms. The molecule has 0 unspecified atom stereocenters. The molecular weight excluding hydrogens is 513 g/mol. The van der Waals surface area contributed by atoms with Crippen molar-refractivity contribution in [1.82, 2.24) is 4.57 Å². The van der Waals surface area contributed by atoms with E-state index in [1.54, 1.807) is 6.07 Å². The monoisotopic (exact) mass is 547 g/mol. The SMILES string of the molecule is C=C(C)/C(=C(/C)CC)c1c(Cl)ccc2c(CCCOc3cccc4cc(F)ccc34)c(C(=O)O)n(CCC)c12. The first kappa shape index (κ1) is 28.4. The quantitative estimate of drug-likeness (QED) is 0.150. The van der Waals surface area contributed by atoms with Crippen molar-refractivity contribution >= 4 is 44.8 Å². The minimum absolute atomic E-state index is 0.289. The molecule has 0 amide bonds. The average Bonchev–Trinajstić information content (AvgIpc) is 3.21. The smallest absolute Gasteiger partial charge is 0.352 e. The maximum absolute atomic E-state index is 13.7. The Balaban J connectivity index is 1.76. The highest BCUT2D eigenvalue weighted by Gasteiger charge is 2.26. The van der Waals surface area contributed by atoms with E-state index in [4.69, 9.17) is 16.3 Å². The molecule has 0 fully saturated rings. The van der Waals surface area contributed by atoms with Crippen LogP contribution in [0.1, 0.15) is 68.6 Å². The number of aryl methyl sites for hydroxylation is 2. The fourth-order valence-corrected chi connectivity index (χ4v) is 5.67. The van der Waals surface area contributed by atoms with E-state index in [-0.39, 0.29) is 5.82 Å². The van der Waals surface area contributed by atoms with Gasteiger partial charge in [0, 0.05) is 22.9 Å². The second-order valence-electron chi connectivity index (χ2n) is 9.97. The van der Waals surface area contributed by atoms with E-state index < -0.39 is 5.97 Å². The van der Waals surface area contributed by atoms with Crippen molar-refractivity contribution in [2.24, 2.45) is 0 Å². The zero-order valence-electron chi connectivity index (χ0n) is 23.0. The lowest BCUT2D eigenvalue weighted by atomic mass is 9.91. The number of fused-ring (bicyclic) bond motifs is 2. The van der Waals surface area contributed by atoms with Gasteiger partial charge in [0.15, 0.2) is 0 Å². The van der Waals surface area contributed by atoms with Crippen LogP contribution in [-0.4, -0.2) is 22.2 Å². The van der Waals surface area contributed by atoms with Gasteiger partial charge in [0.2, 0.25) is 0 Å². The third-order valence-corrected chi connectivity index (χ3v) is 7.51. The van der Waals surface area contributed by atoms with Crippen LogP contribution < -0.4 is 4.74 Å². The van der Waals surface area contributed by atoms with Crippen LogP contribution in [0.15, 0.2) is 66.3 Å². The number of carboxylic acids is 1. The predicted octanol–water partition coefficient (Wildman–Crippen LogP) is 9.47. The van der Waals surface area contributed by atoms with Gasteiger partial charge in [-0.15, -0.1) is 0 Å². The minimum Gasteiger partial charge on any atom is -0.493 e. The number of hydrogen-bond donors (Lipinski definition) is 1. The molecule has 4 rings (SSSR count). The number of carbonyl (C=O) groups is 1. The molecule has 3 aromatic carbocycles. The number of aromatic carboxylic acids is 1. The van der Waals surface area contributed by atoms with E-state index in [9.17, 15) is 14.3 Å². The standard InChI is InChI=1S/C33H35ClFNO3/c1-6-17-36-31-26(15-16-27(34)30(31)29(20(3)4)21(5)7-2)25(32(36)33(37)38)11-9-18-39-28-12-8-10-22-19-23(35)13-14-24(22)28/h8,10,12-16,19H,3,6-7,9,11,17-18H2,1-2,4-5H3,(H,37,38)/b29-21+. The van der Waals surface area contributed by atoms with Crippen LogP contribution in [0.3, 0.4) is 0 Å². The number of hydrogen-bond acceptors (Lipinski definition) is 2. The first-order valence-corrected chi connectivity index (χ1v) is 13.8. The van der Waals surface area contributed by atoms with Crippen molar-refractivity contribution in [2.75, 3.05) is 6.61 Å². The molecule has 0 saturated carbocycles. The van der Waals surface area contributed by atoms with Crippen molar-refractivity contribution in [3.8, 4) is 5.75 Å². The molecule has 4 nitrogen and oxygen atoms in total. The molecule has 0 radical (unpaired) electrons. The van der Waals surface area contributed by atoms with Crippen LogP contribution in [0.4, 0.5) is 4.39 Å². The Bertz CT molecular complexity index is 1600. The Morgan fingerprint density at radius 1 is 1.10 bits per heavy atom. The molecule has 6 heteroatoms. The van der Waals surface area contributed by atoms with Gasteiger partial charge in [-0.1, -0.05) is 61.4 Å². The summed E-state index contributed by atoms with van der Waals surface area (Å²) in [6.45, 7) is 13.4. The summed E-state index contributed by atoms with van der Waals surface area (Å²) in [5, 5.41) is 13.5. The highest BCUT2D eigenvalue weighted by atomic mass is 35.5. The number of halogens is 2. The van der Waals surface area contributed by atoms with Crippen LogP contribution in [0, 0.1) is 5.82 Å². The highest BCUT2D eigenvalue weighted by Crippen LogP contribution is 2.41. The fourth-order valence-electron chi connectivity index (χ4n) is 5.42. The topological polar surface area (TPSA) is 51.5 Å². The normalized spacial score (nSPS) is 12.2. The summed E-state index contributed by atoms with van der Waals surface area (Å²) in [5.74, 6) is -0.566. The van der Waals surface area contributed by atoms with E-state index in [0.29, 0.717) is 42.5 Å². The lowest BCUT2D eigenvalue weighted by Gasteiger charge is -2.17. The molecule has 0 saturated heterocycles. The van der Waals surface area contributed by atoms with Crippen LogP contribution in [0.2, 0.25) is 5.02 Å². The maximum Gasteiger partial charge on any atom is 0.352 e. The van der Waals surface area contributed by atoms with E-state index in [1.165, 1.54) is 12.1 Å². The van der Waals surface area contributed by atoms with Crippen molar-refractivity contribution in [1.29, 1.82) is 0 Å². The summed E-state index contributed by atoms with van der Waals surface area (Å²) in [4.78, 5) is 12.7. The minimum atomic E-state index is -0.957. The molecule has 1 aromatic heterocycles. The summed E-state index contributed by atoms with van der Waals surface area (Å²) in [6.07, 6.45) is 2.74. The molecule has 0 aliphatic rings. The number of rotatable bonds is 11. The number of benzene rings is 3. The number of ether oxygens (including phenoxy) is 1. The van der Waals surface area contributed by atoms with Gasteiger partial charge in [0.25, 0.3) is 0 Å². The van der Waals surface area contributed by atoms with Gasteiger partial charge in [0.05, 0.1) is 17.1 Å². The van der Waals surface area contributed by atoms with E-state index in [1.807, 2.05) is 48.7 Å². The Kier molecular flexibility index (Phi) is 8.81. The van der Waals surface area contributed by atoms with Gasteiger partial charge < -0.3 is 14.4 Å². The molecule has 4 aromatic rings. The van der Waals surface area contributed by atoms with E-state index >= 15 is 0 Å². The Morgan fingerprint density at radius 3 is 2.51 bits per heavy atom. The first-order chi connectivity index (χ1) is 18.7. The molecular formula is C33H35ClFNO3. The Morgan fingerprint density at radius 2 is 1.85 bits per heavy atom. The molecule has 0 atom stereocenters. The van der Waals surface area contributed by atoms with Gasteiger partial charge >= 0.3 is 5.97 Å². The van der Waals surface area contributed by atoms with Crippen molar-refractivity contribution in [2.45, 2.75) is 59.9 Å². The lowest BCUT2D eigenvalue weighted by molar-refractivity contribution is 0.0684. The van der Waals surface area contributed by atoms with Gasteiger partial charge in [-0.25, -0.2) is 9.18 Å². The lowest BCUT2D eigenvalue weighted by Crippen LogP contribution is -2.12. The second-order valence-corrected chi connectivity index (χ2v) is 10.4. The Labute approximate surface area is 234 Å². The van der Waals surface area contributed by atoms with Crippen LogP contribution in [-0.2, 0) is 13.0 Å². The summed E-state index contributed by atoms with van der Waals surface area (Å²) in [6, 6.07) is 14.0. The summed E-state index contributed by atoms with van der Waals surface area (Å²) < 4.78 is 21.7. The number of carboxylic acid groups (broad SMARTS) is 1. The van der Waals surface area contributed by atoms with Gasteiger partial charge in [-0.05, 0) is 86.4 Å². The zero-order valence-corrected chi connectivity index (χ0v) is 23.8. The van der Waals surface area contributed by atoms with Crippen molar-refractivity contribution in [3.05, 3.63) is 93.9 Å². The van der Waals surface area contributed by atoms with Crippen LogP contribution >= 0.6 is 11.6 Å². The molecule has 0 aliphatic heterocycles. The summed E-state index contributed by atoms with van der Waals surface area (Å²) in [7, 11) is 0. The number of aromatic nitrogens is 1. The van der Waals surface area contributed by atoms with Crippen LogP contribution in [0.25, 0.3) is 27.2 Å². The predicted molar refractivity (Wildman–Crippen MR) is 160 cm³/mol. The molecule has 1 N–H and O–H groups in total. The average molecular weight is 548 g/mol. The maximum atomic E-state index is 13.7. The largest absolute Gasteiger partial charge is 0.493 e. The summed E-state index contributed by atoms with van der Waals surface area (Å²) >= 11 is 6.83. The molecule has 0 spiro atoms. The third kappa shape index (κ3) is 5.60. The summed E-state index contributed by atoms with van der Waals surface area (Å²) in [5.41, 5.74) is 5.82. The first-order valence-electron chi connectivity index (χ1n) is 13.4. The van der Waals surface area contributed by atoms with E-state index in [0.717, 1.165) is 62.4 Å². The molecule has 1 heterocycles. The van der Waals surface area contributed by atoms with Crippen LogP contribution in [0.5, 0.6) is 5.75 Å². The zero-order chi connectivity index (χ0) is 28.3. The molecule has 0 aliphatic carbocycles. The fraction of sp³-hybridized carbons (Fsp3) is 0.303. The Hall–Kier alpha value is -3.57. The van der Waals surface area contributed by atoms with Gasteiger partial charge in [0.1, 0.15) is 17.3 Å². The molecule has 204 valence electrons. The molecule has 39 heavy (non-hydrogen) atoms. The third-order valence-electron chi connectivity index (χ3n) is 7.19.